The van der Waals surface area contributed by atoms with Crippen LogP contribution in [0.1, 0.15) is 17.3 Å². The average molecular weight is 426 g/mol. The molecule has 1 fully saturated rings. The van der Waals surface area contributed by atoms with Gasteiger partial charge < -0.3 is 10.1 Å². The first-order chi connectivity index (χ1) is 13.4. The van der Waals surface area contributed by atoms with E-state index in [4.69, 9.17) is 4.74 Å². The molecule has 1 aliphatic rings. The molecule has 1 saturated heterocycles. The van der Waals surface area contributed by atoms with Crippen molar-refractivity contribution in [2.24, 2.45) is 0 Å². The van der Waals surface area contributed by atoms with Gasteiger partial charge in [-0.2, -0.15) is 4.31 Å². The second-order valence-electron chi connectivity index (χ2n) is 5.93. The van der Waals surface area contributed by atoms with Crippen molar-refractivity contribution in [2.75, 3.05) is 37.4 Å². The molecule has 10 heteroatoms. The second kappa shape index (κ2) is 8.99. The molecule has 0 spiro atoms. The number of hydrogen-bond donors (Lipinski definition) is 1. The lowest BCUT2D eigenvalue weighted by Gasteiger charge is -2.26. The summed E-state index contributed by atoms with van der Waals surface area (Å²) in [5.74, 6) is -0.673. The molecule has 1 aliphatic heterocycles. The number of amides is 1. The zero-order valence-electron chi connectivity index (χ0n) is 15.2. The minimum atomic E-state index is -3.83. The van der Waals surface area contributed by atoms with E-state index in [0.29, 0.717) is 18.9 Å². The number of anilines is 1. The Morgan fingerprint density at radius 3 is 2.68 bits per heavy atom. The first-order valence-electron chi connectivity index (χ1n) is 8.69. The van der Waals surface area contributed by atoms with Crippen molar-refractivity contribution >= 4 is 33.4 Å². The fourth-order valence-electron chi connectivity index (χ4n) is 2.66. The standard InChI is InChI=1S/C18H20FN3O4S2/c1-2-27-17-6-3-13(12-20-17)21-18(23)15-11-14(4-5-16(15)19)28(24,25)22-7-9-26-10-8-22/h3-6,11-12H,2,7-10H2,1H3,(H,21,23). The molecule has 150 valence electrons. The maximum atomic E-state index is 14.2. The summed E-state index contributed by atoms with van der Waals surface area (Å²) in [5, 5.41) is 3.36. The van der Waals surface area contributed by atoms with E-state index in [1.54, 1.807) is 23.9 Å². The summed E-state index contributed by atoms with van der Waals surface area (Å²) in [6, 6.07) is 6.62. The number of morpholine rings is 1. The van der Waals surface area contributed by atoms with Crippen LogP contribution in [0, 0.1) is 5.82 Å². The third-order valence-electron chi connectivity index (χ3n) is 4.08. The average Bonchev–Trinajstić information content (AvgIpc) is 2.70. The van der Waals surface area contributed by atoms with Crippen LogP contribution in [0.15, 0.2) is 46.5 Å². The minimum Gasteiger partial charge on any atom is -0.379 e. The highest BCUT2D eigenvalue weighted by molar-refractivity contribution is 7.99. The van der Waals surface area contributed by atoms with E-state index in [1.807, 2.05) is 6.92 Å². The number of nitrogens with zero attached hydrogens (tertiary/aromatic N) is 2. The van der Waals surface area contributed by atoms with Gasteiger partial charge in [0.2, 0.25) is 10.0 Å². The molecule has 1 aromatic carbocycles. The summed E-state index contributed by atoms with van der Waals surface area (Å²) >= 11 is 1.56. The molecule has 2 aromatic rings. The molecular weight excluding hydrogens is 405 g/mol. The zero-order chi connectivity index (χ0) is 20.1. The summed E-state index contributed by atoms with van der Waals surface area (Å²) < 4.78 is 46.1. The maximum Gasteiger partial charge on any atom is 0.258 e. The summed E-state index contributed by atoms with van der Waals surface area (Å²) in [5.41, 5.74) is 0.0487. The molecule has 0 atom stereocenters. The number of aromatic nitrogens is 1. The van der Waals surface area contributed by atoms with Gasteiger partial charge in [0.1, 0.15) is 5.82 Å². The van der Waals surface area contributed by atoms with Crippen LogP contribution in [-0.4, -0.2) is 55.7 Å². The van der Waals surface area contributed by atoms with Crippen molar-refractivity contribution in [3.05, 3.63) is 47.9 Å². The number of rotatable bonds is 6. The molecule has 0 bridgehead atoms. The number of halogens is 1. The van der Waals surface area contributed by atoms with Gasteiger partial charge in [-0.15, -0.1) is 11.8 Å². The van der Waals surface area contributed by atoms with Crippen molar-refractivity contribution in [3.63, 3.8) is 0 Å². The van der Waals surface area contributed by atoms with Gasteiger partial charge in [0.15, 0.2) is 0 Å². The number of ether oxygens (including phenoxy) is 1. The molecule has 7 nitrogen and oxygen atoms in total. The van der Waals surface area contributed by atoms with Crippen LogP contribution in [0.5, 0.6) is 0 Å². The summed E-state index contributed by atoms with van der Waals surface area (Å²) in [4.78, 5) is 16.6. The SMILES string of the molecule is CCSc1ccc(NC(=O)c2cc(S(=O)(=O)N3CCOCC3)ccc2F)cn1. The molecule has 0 unspecified atom stereocenters. The predicted molar refractivity (Wildman–Crippen MR) is 105 cm³/mol. The van der Waals surface area contributed by atoms with Crippen LogP contribution < -0.4 is 5.32 Å². The lowest BCUT2D eigenvalue weighted by atomic mass is 10.2. The Kier molecular flexibility index (Phi) is 6.65. The highest BCUT2D eigenvalue weighted by Crippen LogP contribution is 2.22. The Balaban J connectivity index is 1.81. The largest absolute Gasteiger partial charge is 0.379 e. The van der Waals surface area contributed by atoms with Crippen LogP contribution in [-0.2, 0) is 14.8 Å². The van der Waals surface area contributed by atoms with Crippen molar-refractivity contribution < 1.29 is 22.3 Å². The van der Waals surface area contributed by atoms with E-state index in [1.165, 1.54) is 10.5 Å². The monoisotopic (exact) mass is 425 g/mol. The quantitative estimate of drug-likeness (QED) is 0.716. The van der Waals surface area contributed by atoms with Crippen LogP contribution >= 0.6 is 11.8 Å². The van der Waals surface area contributed by atoms with Crippen molar-refractivity contribution in [1.29, 1.82) is 0 Å². The van der Waals surface area contributed by atoms with Gasteiger partial charge in [0, 0.05) is 13.1 Å². The number of benzene rings is 1. The fraction of sp³-hybridized carbons (Fsp3) is 0.333. The van der Waals surface area contributed by atoms with Crippen molar-refractivity contribution in [2.45, 2.75) is 16.8 Å². The summed E-state index contributed by atoms with van der Waals surface area (Å²) in [7, 11) is -3.83. The summed E-state index contributed by atoms with van der Waals surface area (Å²) in [6.07, 6.45) is 1.47. The first kappa shape index (κ1) is 20.7. The number of thioether (sulfide) groups is 1. The van der Waals surface area contributed by atoms with Gasteiger partial charge in [-0.25, -0.2) is 17.8 Å². The fourth-order valence-corrected chi connectivity index (χ4v) is 4.68. The Morgan fingerprint density at radius 1 is 1.29 bits per heavy atom. The Labute approximate surface area is 167 Å². The number of sulfonamides is 1. The number of carbonyl (C=O) groups excluding carboxylic acids is 1. The van der Waals surface area contributed by atoms with E-state index in [9.17, 15) is 17.6 Å². The maximum absolute atomic E-state index is 14.2. The predicted octanol–water partition coefficient (Wildman–Crippen LogP) is 2.61. The Hall–Kier alpha value is -2.01. The van der Waals surface area contributed by atoms with Gasteiger partial charge in [0.05, 0.1) is 40.6 Å². The normalized spacial score (nSPS) is 15.4. The Bertz CT molecular complexity index is 946. The van der Waals surface area contributed by atoms with Crippen LogP contribution in [0.25, 0.3) is 0 Å². The van der Waals surface area contributed by atoms with E-state index in [0.717, 1.165) is 29.0 Å². The minimum absolute atomic E-state index is 0.131. The van der Waals surface area contributed by atoms with Crippen LogP contribution in [0.4, 0.5) is 10.1 Å². The van der Waals surface area contributed by atoms with Gasteiger partial charge in [-0.3, -0.25) is 4.79 Å². The molecule has 2 heterocycles. The lowest BCUT2D eigenvalue weighted by molar-refractivity contribution is 0.0730. The van der Waals surface area contributed by atoms with E-state index in [-0.39, 0.29) is 23.5 Å². The molecule has 0 aliphatic carbocycles. The summed E-state index contributed by atoms with van der Waals surface area (Å²) in [6.45, 7) is 3.03. The highest BCUT2D eigenvalue weighted by Gasteiger charge is 2.28. The smallest absolute Gasteiger partial charge is 0.258 e. The first-order valence-corrected chi connectivity index (χ1v) is 11.1. The lowest BCUT2D eigenvalue weighted by Crippen LogP contribution is -2.40. The van der Waals surface area contributed by atoms with Crippen LogP contribution in [0.3, 0.4) is 0 Å². The topological polar surface area (TPSA) is 88.6 Å². The highest BCUT2D eigenvalue weighted by atomic mass is 32.2. The van der Waals surface area contributed by atoms with Crippen LogP contribution in [0.2, 0.25) is 0 Å². The van der Waals surface area contributed by atoms with Gasteiger partial charge in [0.25, 0.3) is 5.91 Å². The van der Waals surface area contributed by atoms with E-state index < -0.39 is 21.7 Å². The van der Waals surface area contributed by atoms with Crippen molar-refractivity contribution in [1.82, 2.24) is 9.29 Å². The zero-order valence-corrected chi connectivity index (χ0v) is 16.9. The third kappa shape index (κ3) is 4.69. The molecule has 28 heavy (non-hydrogen) atoms. The van der Waals surface area contributed by atoms with Gasteiger partial charge >= 0.3 is 0 Å². The number of carbonyl (C=O) groups is 1. The molecule has 3 rings (SSSR count). The van der Waals surface area contributed by atoms with Gasteiger partial charge in [-0.05, 0) is 36.1 Å². The number of pyridine rings is 1. The molecule has 1 N–H and O–H groups in total. The molecule has 0 saturated carbocycles. The molecule has 1 aromatic heterocycles. The van der Waals surface area contributed by atoms with E-state index in [2.05, 4.69) is 10.3 Å². The van der Waals surface area contributed by atoms with Gasteiger partial charge in [-0.1, -0.05) is 6.92 Å². The number of nitrogens with one attached hydrogen (secondary N) is 1. The second-order valence-corrected chi connectivity index (χ2v) is 9.15. The molecule has 0 radical (unpaired) electrons. The third-order valence-corrected chi connectivity index (χ3v) is 6.80. The molecule has 1 amide bonds. The van der Waals surface area contributed by atoms with E-state index >= 15 is 0 Å². The Morgan fingerprint density at radius 2 is 2.04 bits per heavy atom. The molecular formula is C18H20FN3O4S2. The van der Waals surface area contributed by atoms with Crippen molar-refractivity contribution in [3.8, 4) is 0 Å². The number of hydrogen-bond acceptors (Lipinski definition) is 6.